The monoisotopic (exact) mass is 470 g/mol. The van der Waals surface area contributed by atoms with Gasteiger partial charge in [-0.2, -0.15) is 0 Å². The van der Waals surface area contributed by atoms with Crippen LogP contribution in [0.4, 0.5) is 5.69 Å². The summed E-state index contributed by atoms with van der Waals surface area (Å²) in [5, 5.41) is 5.73. The third kappa shape index (κ3) is 6.13. The second-order valence-electron chi connectivity index (χ2n) is 8.63. The van der Waals surface area contributed by atoms with Crippen LogP contribution in [0.15, 0.2) is 78.9 Å². The Kier molecular flexibility index (Phi) is 7.90. The second-order valence-corrected chi connectivity index (χ2v) is 8.63. The molecule has 0 aliphatic carbocycles. The number of likely N-dealkylation sites (tertiary alicyclic amines) is 1. The molecular weight excluding hydrogens is 440 g/mol. The van der Waals surface area contributed by atoms with E-state index in [0.717, 1.165) is 29.5 Å². The van der Waals surface area contributed by atoms with Crippen LogP contribution >= 0.6 is 0 Å². The van der Waals surface area contributed by atoms with E-state index in [0.29, 0.717) is 30.8 Å². The molecule has 4 N–H and O–H groups in total. The first kappa shape index (κ1) is 24.2. The molecule has 1 saturated heterocycles. The smallest absolute Gasteiger partial charge is 0.251 e. The molecular formula is C28H30N4O3. The van der Waals surface area contributed by atoms with Crippen molar-refractivity contribution in [3.63, 3.8) is 0 Å². The first-order valence-electron chi connectivity index (χ1n) is 11.9. The van der Waals surface area contributed by atoms with Crippen molar-refractivity contribution >= 4 is 23.4 Å². The summed E-state index contributed by atoms with van der Waals surface area (Å²) in [6.45, 7) is 0.707. The molecule has 35 heavy (non-hydrogen) atoms. The number of nitrogens with two attached hydrogens (primary N) is 1. The van der Waals surface area contributed by atoms with Gasteiger partial charge in [-0.15, -0.1) is 0 Å². The fourth-order valence-electron chi connectivity index (χ4n) is 4.27. The molecule has 1 aliphatic rings. The molecule has 4 rings (SSSR count). The molecule has 7 nitrogen and oxygen atoms in total. The average Bonchev–Trinajstić information content (AvgIpc) is 3.06. The Morgan fingerprint density at radius 1 is 0.886 bits per heavy atom. The van der Waals surface area contributed by atoms with E-state index in [1.54, 1.807) is 18.2 Å². The Hall–Kier alpha value is -3.97. The third-order valence-corrected chi connectivity index (χ3v) is 6.19. The van der Waals surface area contributed by atoms with Gasteiger partial charge in [-0.25, -0.2) is 0 Å². The van der Waals surface area contributed by atoms with Crippen LogP contribution in [0.5, 0.6) is 0 Å². The Balaban J connectivity index is 1.38. The topological polar surface area (TPSA) is 105 Å². The maximum absolute atomic E-state index is 13.2. The highest BCUT2D eigenvalue weighted by atomic mass is 16.2. The molecule has 3 aromatic carbocycles. The number of carbonyl (C=O) groups excluding carboxylic acids is 3. The predicted octanol–water partition coefficient (Wildman–Crippen LogP) is 3.56. The van der Waals surface area contributed by atoms with Gasteiger partial charge in [-0.1, -0.05) is 60.7 Å². The van der Waals surface area contributed by atoms with E-state index in [1.807, 2.05) is 60.7 Å². The zero-order valence-corrected chi connectivity index (χ0v) is 19.6. The summed E-state index contributed by atoms with van der Waals surface area (Å²) in [6.07, 6.45) is 2.11. The minimum absolute atomic E-state index is 0.0735. The number of hydrogen-bond acceptors (Lipinski definition) is 4. The molecule has 0 aromatic heterocycles. The zero-order chi connectivity index (χ0) is 24.6. The van der Waals surface area contributed by atoms with Gasteiger partial charge in [0, 0.05) is 24.3 Å². The lowest BCUT2D eigenvalue weighted by Crippen LogP contribution is -2.49. The van der Waals surface area contributed by atoms with Crippen LogP contribution in [0.1, 0.15) is 35.2 Å². The third-order valence-electron chi connectivity index (χ3n) is 6.19. The highest BCUT2D eigenvalue weighted by Crippen LogP contribution is 2.20. The van der Waals surface area contributed by atoms with E-state index < -0.39 is 6.04 Å². The van der Waals surface area contributed by atoms with Gasteiger partial charge in [0.05, 0.1) is 6.54 Å². The van der Waals surface area contributed by atoms with Crippen LogP contribution in [-0.4, -0.2) is 41.8 Å². The molecule has 3 aromatic rings. The summed E-state index contributed by atoms with van der Waals surface area (Å²) in [7, 11) is 0. The van der Waals surface area contributed by atoms with Gasteiger partial charge >= 0.3 is 0 Å². The van der Waals surface area contributed by atoms with Crippen molar-refractivity contribution in [2.45, 2.75) is 31.8 Å². The van der Waals surface area contributed by atoms with Crippen LogP contribution in [0, 0.1) is 0 Å². The largest absolute Gasteiger partial charge is 0.340 e. The summed E-state index contributed by atoms with van der Waals surface area (Å²) in [4.78, 5) is 40.3. The van der Waals surface area contributed by atoms with Crippen LogP contribution in [0.3, 0.4) is 0 Å². The van der Waals surface area contributed by atoms with Crippen LogP contribution in [-0.2, 0) is 16.1 Å². The molecule has 180 valence electrons. The first-order chi connectivity index (χ1) is 17.0. The Morgan fingerprint density at radius 2 is 1.57 bits per heavy atom. The van der Waals surface area contributed by atoms with E-state index in [1.165, 1.54) is 4.90 Å². The van der Waals surface area contributed by atoms with Gasteiger partial charge in [0.25, 0.3) is 5.91 Å². The fourth-order valence-corrected chi connectivity index (χ4v) is 4.27. The van der Waals surface area contributed by atoms with Gasteiger partial charge in [-0.05, 0) is 54.2 Å². The lowest BCUT2D eigenvalue weighted by atomic mass is 10.0. The van der Waals surface area contributed by atoms with Crippen LogP contribution in [0.25, 0.3) is 11.1 Å². The molecule has 1 aliphatic heterocycles. The molecule has 7 heteroatoms. The molecule has 1 atom stereocenters. The molecule has 0 saturated carbocycles. The molecule has 1 heterocycles. The van der Waals surface area contributed by atoms with E-state index in [2.05, 4.69) is 10.6 Å². The molecule has 0 radical (unpaired) electrons. The van der Waals surface area contributed by atoms with Crippen molar-refractivity contribution in [3.8, 4) is 11.1 Å². The first-order valence-corrected chi connectivity index (χ1v) is 11.9. The van der Waals surface area contributed by atoms with Crippen molar-refractivity contribution in [1.82, 2.24) is 10.2 Å². The maximum Gasteiger partial charge on any atom is 0.251 e. The fraction of sp³-hybridized carbons (Fsp3) is 0.250. The molecule has 1 unspecified atom stereocenters. The maximum atomic E-state index is 13.2. The van der Waals surface area contributed by atoms with E-state index in [9.17, 15) is 14.4 Å². The number of rotatable bonds is 7. The van der Waals surface area contributed by atoms with Crippen molar-refractivity contribution in [3.05, 3.63) is 90.0 Å². The SMILES string of the molecule is NCc1ccccc1NC(=O)CN1CCCCC(NC(=O)c2ccc(-c3ccccc3)cc2)C1=O. The highest BCUT2D eigenvalue weighted by molar-refractivity contribution is 5.99. The highest BCUT2D eigenvalue weighted by Gasteiger charge is 2.29. The van der Waals surface area contributed by atoms with Crippen molar-refractivity contribution in [2.75, 3.05) is 18.4 Å². The number of anilines is 1. The quantitative estimate of drug-likeness (QED) is 0.491. The molecule has 0 bridgehead atoms. The van der Waals surface area contributed by atoms with Crippen LogP contribution < -0.4 is 16.4 Å². The Bertz CT molecular complexity index is 1180. The van der Waals surface area contributed by atoms with E-state index in [4.69, 9.17) is 5.73 Å². The Labute approximate surface area is 205 Å². The summed E-state index contributed by atoms with van der Waals surface area (Å²) < 4.78 is 0. The predicted molar refractivity (Wildman–Crippen MR) is 137 cm³/mol. The summed E-state index contributed by atoms with van der Waals surface area (Å²) in [5.74, 6) is -0.826. The summed E-state index contributed by atoms with van der Waals surface area (Å²) >= 11 is 0. The standard InChI is InChI=1S/C28H30N4O3/c29-18-23-10-4-5-11-24(23)30-26(33)19-32-17-7-6-12-25(28(32)35)31-27(34)22-15-13-21(14-16-22)20-8-2-1-3-9-20/h1-5,8-11,13-16,25H,6-7,12,17-19,29H2,(H,30,33)(H,31,34). The summed E-state index contributed by atoms with van der Waals surface area (Å²) in [6, 6.07) is 23.9. The second kappa shape index (κ2) is 11.4. The number of benzene rings is 3. The minimum Gasteiger partial charge on any atom is -0.340 e. The zero-order valence-electron chi connectivity index (χ0n) is 19.6. The van der Waals surface area contributed by atoms with Crippen molar-refractivity contribution in [1.29, 1.82) is 0 Å². The number of hydrogen-bond donors (Lipinski definition) is 3. The number of para-hydroxylation sites is 1. The normalized spacial score (nSPS) is 15.9. The van der Waals surface area contributed by atoms with Crippen LogP contribution in [0.2, 0.25) is 0 Å². The van der Waals surface area contributed by atoms with Gasteiger partial charge in [0.15, 0.2) is 0 Å². The molecule has 3 amide bonds. The Morgan fingerprint density at radius 3 is 2.31 bits per heavy atom. The van der Waals surface area contributed by atoms with Crippen molar-refractivity contribution in [2.24, 2.45) is 5.73 Å². The molecule has 0 spiro atoms. The van der Waals surface area contributed by atoms with Gasteiger partial charge < -0.3 is 21.3 Å². The number of amides is 3. The minimum atomic E-state index is -0.664. The number of carbonyl (C=O) groups is 3. The molecule has 1 fully saturated rings. The average molecular weight is 471 g/mol. The lowest BCUT2D eigenvalue weighted by Gasteiger charge is -2.24. The number of nitrogens with zero attached hydrogens (tertiary/aromatic N) is 1. The van der Waals surface area contributed by atoms with Crippen molar-refractivity contribution < 1.29 is 14.4 Å². The van der Waals surface area contributed by atoms with E-state index in [-0.39, 0.29) is 24.3 Å². The van der Waals surface area contributed by atoms with Gasteiger partial charge in [0.1, 0.15) is 6.04 Å². The van der Waals surface area contributed by atoms with Gasteiger partial charge in [-0.3, -0.25) is 14.4 Å². The lowest BCUT2D eigenvalue weighted by molar-refractivity contribution is -0.135. The summed E-state index contributed by atoms with van der Waals surface area (Å²) in [5.41, 5.74) is 9.79. The van der Waals surface area contributed by atoms with E-state index >= 15 is 0 Å². The van der Waals surface area contributed by atoms with Gasteiger partial charge in [0.2, 0.25) is 11.8 Å². The number of nitrogens with one attached hydrogen (secondary N) is 2.